The monoisotopic (exact) mass is 228 g/mol. The zero-order valence-corrected chi connectivity index (χ0v) is 10.7. The SMILES string of the molecule is C=CC([SiH2]Cc1ccccc1)n1ccnc1. The van der Waals surface area contributed by atoms with Crippen LogP contribution >= 0.6 is 0 Å². The lowest BCUT2D eigenvalue weighted by Crippen LogP contribution is -2.14. The molecule has 0 spiro atoms. The van der Waals surface area contributed by atoms with Crippen molar-refractivity contribution >= 4 is 9.52 Å². The number of nitrogens with zero attached hydrogens (tertiary/aromatic N) is 2. The van der Waals surface area contributed by atoms with Crippen molar-refractivity contribution in [1.29, 1.82) is 0 Å². The molecule has 1 aromatic carbocycles. The molecule has 0 aliphatic carbocycles. The summed E-state index contributed by atoms with van der Waals surface area (Å²) in [6.07, 6.45) is 7.76. The largest absolute Gasteiger partial charge is 0.334 e. The van der Waals surface area contributed by atoms with Gasteiger partial charge in [0.05, 0.1) is 15.8 Å². The van der Waals surface area contributed by atoms with Crippen LogP contribution in [0.3, 0.4) is 0 Å². The topological polar surface area (TPSA) is 17.8 Å². The molecule has 0 N–H and O–H groups in total. The van der Waals surface area contributed by atoms with E-state index in [9.17, 15) is 0 Å². The van der Waals surface area contributed by atoms with Crippen molar-refractivity contribution in [2.45, 2.75) is 11.7 Å². The summed E-state index contributed by atoms with van der Waals surface area (Å²) in [5.41, 5.74) is 1.91. The third-order valence-corrected chi connectivity index (χ3v) is 4.96. The number of imidazole rings is 1. The molecule has 1 atom stereocenters. The van der Waals surface area contributed by atoms with Crippen LogP contribution in [0.15, 0.2) is 61.7 Å². The van der Waals surface area contributed by atoms with E-state index in [0.717, 1.165) is 0 Å². The Labute approximate surface area is 98.5 Å². The van der Waals surface area contributed by atoms with Crippen molar-refractivity contribution in [3.8, 4) is 0 Å². The summed E-state index contributed by atoms with van der Waals surface area (Å²) in [7, 11) is -0.237. The number of rotatable bonds is 5. The lowest BCUT2D eigenvalue weighted by atomic mass is 10.2. The Hall–Kier alpha value is -1.61. The van der Waals surface area contributed by atoms with Crippen LogP contribution in [0.25, 0.3) is 0 Å². The van der Waals surface area contributed by atoms with Crippen LogP contribution in [0.5, 0.6) is 0 Å². The summed E-state index contributed by atoms with van der Waals surface area (Å²) >= 11 is 0. The van der Waals surface area contributed by atoms with E-state index in [4.69, 9.17) is 0 Å². The van der Waals surface area contributed by atoms with Crippen molar-refractivity contribution in [1.82, 2.24) is 9.55 Å². The Balaban J connectivity index is 1.96. The molecule has 2 rings (SSSR count). The standard InChI is InChI=1S/C13H16N2Si/c1-2-13(15-9-8-14-11-15)16-10-12-6-4-3-5-7-12/h2-9,11,13H,1,10,16H2. The average molecular weight is 228 g/mol. The van der Waals surface area contributed by atoms with Crippen LogP contribution in [-0.4, -0.2) is 19.1 Å². The first-order chi connectivity index (χ1) is 7.90. The average Bonchev–Trinajstić information content (AvgIpc) is 2.85. The maximum Gasteiger partial charge on any atom is 0.0948 e. The minimum atomic E-state index is -0.237. The maximum absolute atomic E-state index is 4.08. The minimum absolute atomic E-state index is 0.237. The first kappa shape index (κ1) is 10.9. The Kier molecular flexibility index (Phi) is 3.72. The smallest absolute Gasteiger partial charge is 0.0948 e. The summed E-state index contributed by atoms with van der Waals surface area (Å²) in [5, 5.41) is 0. The molecule has 1 aromatic heterocycles. The lowest BCUT2D eigenvalue weighted by molar-refractivity contribution is 0.775. The molecule has 0 bridgehead atoms. The molecule has 2 aromatic rings. The summed E-state index contributed by atoms with van der Waals surface area (Å²) in [5.74, 6) is 0. The molecule has 1 heterocycles. The number of aromatic nitrogens is 2. The Morgan fingerprint density at radius 2 is 2.19 bits per heavy atom. The van der Waals surface area contributed by atoms with Gasteiger partial charge in [-0.25, -0.2) is 4.98 Å². The number of hydrogen-bond acceptors (Lipinski definition) is 1. The molecular formula is C13H16N2Si. The van der Waals surface area contributed by atoms with Gasteiger partial charge in [0.15, 0.2) is 0 Å². The molecule has 2 nitrogen and oxygen atoms in total. The maximum atomic E-state index is 4.08. The predicted molar refractivity (Wildman–Crippen MR) is 70.2 cm³/mol. The van der Waals surface area contributed by atoms with Crippen molar-refractivity contribution in [3.05, 3.63) is 67.3 Å². The zero-order chi connectivity index (χ0) is 11.2. The molecule has 0 saturated heterocycles. The van der Waals surface area contributed by atoms with E-state index >= 15 is 0 Å². The first-order valence-electron chi connectivity index (χ1n) is 5.54. The fourth-order valence-electron chi connectivity index (χ4n) is 1.81. The second kappa shape index (κ2) is 5.46. The van der Waals surface area contributed by atoms with Gasteiger partial charge in [0.1, 0.15) is 0 Å². The Morgan fingerprint density at radius 3 is 2.81 bits per heavy atom. The fraction of sp³-hybridized carbons (Fsp3) is 0.154. The minimum Gasteiger partial charge on any atom is -0.334 e. The summed E-state index contributed by atoms with van der Waals surface area (Å²) in [4.78, 5) is 4.08. The van der Waals surface area contributed by atoms with Crippen LogP contribution in [0.2, 0.25) is 0 Å². The van der Waals surface area contributed by atoms with Gasteiger partial charge in [-0.15, -0.1) is 6.58 Å². The van der Waals surface area contributed by atoms with E-state index in [1.807, 2.05) is 24.8 Å². The summed E-state index contributed by atoms with van der Waals surface area (Å²) in [6.45, 7) is 3.92. The highest BCUT2D eigenvalue weighted by Crippen LogP contribution is 2.08. The predicted octanol–water partition coefficient (Wildman–Crippen LogP) is 1.94. The van der Waals surface area contributed by atoms with Crippen molar-refractivity contribution < 1.29 is 0 Å². The highest BCUT2D eigenvalue weighted by Gasteiger charge is 2.06. The highest BCUT2D eigenvalue weighted by atomic mass is 28.2. The van der Waals surface area contributed by atoms with Crippen molar-refractivity contribution in [2.75, 3.05) is 0 Å². The third-order valence-electron chi connectivity index (χ3n) is 2.75. The first-order valence-corrected chi connectivity index (χ1v) is 7.35. The number of benzene rings is 1. The molecule has 1 unspecified atom stereocenters. The van der Waals surface area contributed by atoms with E-state index in [0.29, 0.717) is 5.67 Å². The van der Waals surface area contributed by atoms with E-state index in [1.54, 1.807) is 0 Å². The molecule has 0 aliphatic rings. The molecule has 0 fully saturated rings. The van der Waals surface area contributed by atoms with Crippen molar-refractivity contribution in [2.24, 2.45) is 0 Å². The van der Waals surface area contributed by atoms with Gasteiger partial charge < -0.3 is 4.57 Å². The number of allylic oxidation sites excluding steroid dienone is 1. The summed E-state index contributed by atoms with van der Waals surface area (Å²) in [6, 6.07) is 11.9. The van der Waals surface area contributed by atoms with E-state index in [2.05, 4.69) is 46.5 Å². The second-order valence-electron chi connectivity index (χ2n) is 3.84. The molecule has 82 valence electrons. The Morgan fingerprint density at radius 1 is 1.38 bits per heavy atom. The van der Waals surface area contributed by atoms with Crippen LogP contribution in [0.1, 0.15) is 11.2 Å². The van der Waals surface area contributed by atoms with Gasteiger partial charge in [0.25, 0.3) is 0 Å². The zero-order valence-electron chi connectivity index (χ0n) is 9.29. The molecule has 0 saturated carbocycles. The third kappa shape index (κ3) is 2.70. The molecule has 0 radical (unpaired) electrons. The van der Waals surface area contributed by atoms with Crippen LogP contribution in [0.4, 0.5) is 0 Å². The number of hydrogen-bond donors (Lipinski definition) is 0. The van der Waals surface area contributed by atoms with Gasteiger partial charge in [-0.3, -0.25) is 0 Å². The van der Waals surface area contributed by atoms with Gasteiger partial charge in [-0.2, -0.15) is 0 Å². The van der Waals surface area contributed by atoms with Crippen molar-refractivity contribution in [3.63, 3.8) is 0 Å². The lowest BCUT2D eigenvalue weighted by Gasteiger charge is -2.13. The van der Waals surface area contributed by atoms with Gasteiger partial charge in [-0.05, 0) is 6.04 Å². The molecule has 0 aliphatic heterocycles. The molecular weight excluding hydrogens is 212 g/mol. The molecule has 3 heteroatoms. The fourth-order valence-corrected chi connectivity index (χ4v) is 3.53. The quantitative estimate of drug-likeness (QED) is 0.565. The van der Waals surface area contributed by atoms with Crippen LogP contribution in [-0.2, 0) is 6.04 Å². The van der Waals surface area contributed by atoms with Crippen LogP contribution < -0.4 is 0 Å². The highest BCUT2D eigenvalue weighted by molar-refractivity contribution is 6.36. The van der Waals surface area contributed by atoms with Gasteiger partial charge in [-0.1, -0.05) is 42.0 Å². The van der Waals surface area contributed by atoms with E-state index in [1.165, 1.54) is 11.6 Å². The molecule has 16 heavy (non-hydrogen) atoms. The Bertz CT molecular complexity index is 422. The van der Waals surface area contributed by atoms with E-state index in [-0.39, 0.29) is 9.52 Å². The summed E-state index contributed by atoms with van der Waals surface area (Å²) < 4.78 is 2.15. The normalized spacial score (nSPS) is 13.0. The van der Waals surface area contributed by atoms with Gasteiger partial charge >= 0.3 is 0 Å². The molecule has 0 amide bonds. The van der Waals surface area contributed by atoms with Crippen LogP contribution in [0, 0.1) is 0 Å². The van der Waals surface area contributed by atoms with Gasteiger partial charge in [0, 0.05) is 18.1 Å². The van der Waals surface area contributed by atoms with Gasteiger partial charge in [0.2, 0.25) is 0 Å². The second-order valence-corrected chi connectivity index (χ2v) is 5.75. The van der Waals surface area contributed by atoms with E-state index < -0.39 is 0 Å².